The largest absolute Gasteiger partial charge is 0.497 e. The summed E-state index contributed by atoms with van der Waals surface area (Å²) in [4.78, 5) is 16.7. The number of amides is 1. The summed E-state index contributed by atoms with van der Waals surface area (Å²) in [6, 6.07) is 15.4. The van der Waals surface area contributed by atoms with Gasteiger partial charge in [0.15, 0.2) is 0 Å². The molecule has 0 saturated carbocycles. The van der Waals surface area contributed by atoms with Crippen LogP contribution in [0.5, 0.6) is 5.75 Å². The fourth-order valence-corrected chi connectivity index (χ4v) is 3.60. The molecule has 0 radical (unpaired) electrons. The van der Waals surface area contributed by atoms with Gasteiger partial charge in [0.25, 0.3) is 0 Å². The van der Waals surface area contributed by atoms with Crippen LogP contribution < -0.4 is 10.1 Å². The van der Waals surface area contributed by atoms with Gasteiger partial charge < -0.3 is 10.1 Å². The summed E-state index contributed by atoms with van der Waals surface area (Å²) in [7, 11) is 1.64. The number of hydrogen-bond donors (Lipinski definition) is 1. The van der Waals surface area contributed by atoms with Crippen molar-refractivity contribution in [1.82, 2.24) is 10.3 Å². The second kappa shape index (κ2) is 9.53. The Hall–Kier alpha value is -2.37. The number of aryl methyl sites for hydroxylation is 1. The average molecular weight is 401 g/mol. The van der Waals surface area contributed by atoms with Crippen molar-refractivity contribution < 1.29 is 9.53 Å². The Morgan fingerprint density at radius 3 is 2.56 bits per heavy atom. The van der Waals surface area contributed by atoms with Gasteiger partial charge in [-0.3, -0.25) is 4.79 Å². The van der Waals surface area contributed by atoms with Gasteiger partial charge in [-0.15, -0.1) is 11.3 Å². The zero-order valence-corrected chi connectivity index (χ0v) is 16.6. The highest BCUT2D eigenvalue weighted by molar-refractivity contribution is 7.13. The van der Waals surface area contributed by atoms with Crippen LogP contribution in [0.25, 0.3) is 10.6 Å². The van der Waals surface area contributed by atoms with Gasteiger partial charge in [-0.05, 0) is 36.2 Å². The molecule has 0 bridgehead atoms. The highest BCUT2D eigenvalue weighted by Crippen LogP contribution is 2.25. The number of ether oxygens (including phenoxy) is 1. The summed E-state index contributed by atoms with van der Waals surface area (Å²) >= 11 is 7.52. The third kappa shape index (κ3) is 5.81. The van der Waals surface area contributed by atoms with Gasteiger partial charge in [0.05, 0.1) is 12.8 Å². The smallest absolute Gasteiger partial charge is 0.220 e. The quantitative estimate of drug-likeness (QED) is 0.592. The van der Waals surface area contributed by atoms with Crippen molar-refractivity contribution in [2.75, 3.05) is 13.7 Å². The molecule has 0 spiro atoms. The molecule has 0 aliphatic heterocycles. The Balaban J connectivity index is 1.41. The molecule has 27 heavy (non-hydrogen) atoms. The number of nitrogens with one attached hydrogen (secondary N) is 1. The minimum Gasteiger partial charge on any atom is -0.497 e. The van der Waals surface area contributed by atoms with Gasteiger partial charge in [0.2, 0.25) is 5.91 Å². The Morgan fingerprint density at radius 2 is 1.85 bits per heavy atom. The van der Waals surface area contributed by atoms with Crippen LogP contribution in [0.1, 0.15) is 17.7 Å². The van der Waals surface area contributed by atoms with E-state index >= 15 is 0 Å². The second-order valence-electron chi connectivity index (χ2n) is 6.10. The first-order chi connectivity index (χ1) is 13.1. The number of nitrogens with zero attached hydrogens (tertiary/aromatic N) is 1. The second-order valence-corrected chi connectivity index (χ2v) is 7.39. The van der Waals surface area contributed by atoms with E-state index in [2.05, 4.69) is 10.3 Å². The van der Waals surface area contributed by atoms with Crippen molar-refractivity contribution >= 4 is 28.8 Å². The highest BCUT2D eigenvalue weighted by Gasteiger charge is 2.06. The lowest BCUT2D eigenvalue weighted by atomic mass is 10.1. The van der Waals surface area contributed by atoms with E-state index in [9.17, 15) is 4.79 Å². The monoisotopic (exact) mass is 400 g/mol. The number of rotatable bonds is 8. The van der Waals surface area contributed by atoms with Crippen LogP contribution in [-0.4, -0.2) is 24.5 Å². The molecule has 3 rings (SSSR count). The summed E-state index contributed by atoms with van der Waals surface area (Å²) in [6.45, 7) is 0.589. The predicted molar refractivity (Wildman–Crippen MR) is 111 cm³/mol. The summed E-state index contributed by atoms with van der Waals surface area (Å²) < 4.78 is 5.13. The van der Waals surface area contributed by atoms with E-state index in [4.69, 9.17) is 16.3 Å². The van der Waals surface area contributed by atoms with Gasteiger partial charge in [-0.1, -0.05) is 35.9 Å². The number of halogens is 1. The Bertz CT molecular complexity index is 876. The van der Waals surface area contributed by atoms with Crippen LogP contribution in [0, 0.1) is 0 Å². The zero-order valence-electron chi connectivity index (χ0n) is 15.1. The first kappa shape index (κ1) is 19.4. The van der Waals surface area contributed by atoms with E-state index in [0.29, 0.717) is 24.4 Å². The van der Waals surface area contributed by atoms with Gasteiger partial charge in [-0.2, -0.15) is 0 Å². The fourth-order valence-electron chi connectivity index (χ4n) is 2.62. The Morgan fingerprint density at radius 1 is 1.11 bits per heavy atom. The molecule has 1 N–H and O–H groups in total. The molecular weight excluding hydrogens is 380 g/mol. The molecular formula is C21H21ClN2O2S. The molecule has 0 atom stereocenters. The molecule has 0 aliphatic carbocycles. The van der Waals surface area contributed by atoms with Crippen LogP contribution in [-0.2, 0) is 17.6 Å². The molecule has 1 amide bonds. The summed E-state index contributed by atoms with van der Waals surface area (Å²) in [6.07, 6.45) is 1.91. The molecule has 0 fully saturated rings. The number of hydrogen-bond acceptors (Lipinski definition) is 4. The lowest BCUT2D eigenvalue weighted by Gasteiger charge is -2.05. The molecule has 4 nitrogen and oxygen atoms in total. The van der Waals surface area contributed by atoms with Crippen molar-refractivity contribution in [3.8, 4) is 16.3 Å². The Kier molecular flexibility index (Phi) is 6.85. The first-order valence-electron chi connectivity index (χ1n) is 8.74. The maximum Gasteiger partial charge on any atom is 0.220 e. The number of benzene rings is 2. The normalized spacial score (nSPS) is 10.6. The van der Waals surface area contributed by atoms with Crippen molar-refractivity contribution in [2.45, 2.75) is 19.3 Å². The molecule has 0 aliphatic rings. The average Bonchev–Trinajstić information content (AvgIpc) is 3.16. The fraction of sp³-hybridized carbons (Fsp3) is 0.238. The zero-order chi connectivity index (χ0) is 19.1. The van der Waals surface area contributed by atoms with Gasteiger partial charge in [0, 0.05) is 35.4 Å². The standard InChI is InChI=1S/C21H21ClN2O2S/c1-26-19-9-2-15(3-10-19)4-11-20(25)23-13-12-18-14-27-21(24-18)16-5-7-17(22)8-6-16/h2-3,5-10,14H,4,11-13H2,1H3,(H,23,25). The maximum absolute atomic E-state index is 12.0. The minimum absolute atomic E-state index is 0.0546. The topological polar surface area (TPSA) is 51.2 Å². The summed E-state index contributed by atoms with van der Waals surface area (Å²) in [5, 5.41) is 6.68. The molecule has 140 valence electrons. The molecule has 6 heteroatoms. The van der Waals surface area contributed by atoms with Crippen LogP contribution in [0.4, 0.5) is 0 Å². The summed E-state index contributed by atoms with van der Waals surface area (Å²) in [5.41, 5.74) is 3.16. The van der Waals surface area contributed by atoms with Crippen molar-refractivity contribution in [1.29, 1.82) is 0 Å². The molecule has 3 aromatic rings. The molecule has 0 saturated heterocycles. The van der Waals surface area contributed by atoms with Crippen LogP contribution in [0.15, 0.2) is 53.9 Å². The van der Waals surface area contributed by atoms with E-state index in [1.165, 1.54) is 0 Å². The van der Waals surface area contributed by atoms with E-state index in [1.54, 1.807) is 18.4 Å². The lowest BCUT2D eigenvalue weighted by molar-refractivity contribution is -0.121. The minimum atomic E-state index is 0.0546. The third-order valence-corrected chi connectivity index (χ3v) is 5.34. The SMILES string of the molecule is COc1ccc(CCC(=O)NCCc2csc(-c3ccc(Cl)cc3)n2)cc1. The molecule has 0 unspecified atom stereocenters. The molecule has 1 aromatic heterocycles. The third-order valence-electron chi connectivity index (χ3n) is 4.15. The summed E-state index contributed by atoms with van der Waals surface area (Å²) in [5.74, 6) is 0.878. The lowest BCUT2D eigenvalue weighted by Crippen LogP contribution is -2.25. The highest BCUT2D eigenvalue weighted by atomic mass is 35.5. The van der Waals surface area contributed by atoms with Gasteiger partial charge in [-0.25, -0.2) is 4.98 Å². The van der Waals surface area contributed by atoms with Crippen molar-refractivity contribution in [2.24, 2.45) is 0 Å². The number of carbonyl (C=O) groups excluding carboxylic acids is 1. The van der Waals surface area contributed by atoms with Crippen LogP contribution in [0.3, 0.4) is 0 Å². The van der Waals surface area contributed by atoms with Gasteiger partial charge >= 0.3 is 0 Å². The van der Waals surface area contributed by atoms with Gasteiger partial charge in [0.1, 0.15) is 10.8 Å². The number of thiazole rings is 1. The van der Waals surface area contributed by atoms with E-state index in [0.717, 1.165) is 34.0 Å². The number of methoxy groups -OCH3 is 1. The molecule has 1 heterocycles. The van der Waals surface area contributed by atoms with Crippen molar-refractivity contribution in [3.63, 3.8) is 0 Å². The van der Waals surface area contributed by atoms with Crippen LogP contribution >= 0.6 is 22.9 Å². The van der Waals surface area contributed by atoms with E-state index in [-0.39, 0.29) is 5.91 Å². The van der Waals surface area contributed by atoms with Crippen LogP contribution in [0.2, 0.25) is 5.02 Å². The number of aromatic nitrogens is 1. The first-order valence-corrected chi connectivity index (χ1v) is 10.00. The Labute approximate surface area is 168 Å². The number of carbonyl (C=O) groups is 1. The van der Waals surface area contributed by atoms with E-state index in [1.807, 2.05) is 53.9 Å². The van der Waals surface area contributed by atoms with Crippen molar-refractivity contribution in [3.05, 3.63) is 70.2 Å². The van der Waals surface area contributed by atoms with E-state index < -0.39 is 0 Å². The molecule has 2 aromatic carbocycles. The maximum atomic E-state index is 12.0. The predicted octanol–water partition coefficient (Wildman–Crippen LogP) is 4.76.